The minimum Gasteiger partial charge on any atom is -0.462 e. The molecule has 1 N–H and O–H groups in total. The molecule has 1 aromatic carbocycles. The fraction of sp³-hybridized carbons (Fsp3) is 0.500. The normalized spacial score (nSPS) is 21.2. The molecule has 0 unspecified atom stereocenters. The third-order valence-corrected chi connectivity index (χ3v) is 4.83. The van der Waals surface area contributed by atoms with Gasteiger partial charge in [0, 0.05) is 5.69 Å². The third-order valence-electron chi connectivity index (χ3n) is 4.83. The highest BCUT2D eigenvalue weighted by Crippen LogP contribution is 2.29. The minimum absolute atomic E-state index is 0.112. The number of rotatable bonds is 5. The van der Waals surface area contributed by atoms with E-state index in [9.17, 15) is 9.59 Å². The monoisotopic (exact) mass is 329 g/mol. The maximum absolute atomic E-state index is 12.7. The molecular weight excluding hydrogens is 302 g/mol. The Kier molecular flexibility index (Phi) is 6.18. The molecule has 2 rings (SSSR count). The zero-order chi connectivity index (χ0) is 17.7. The van der Waals surface area contributed by atoms with Crippen molar-refractivity contribution in [1.29, 1.82) is 0 Å². The van der Waals surface area contributed by atoms with Crippen LogP contribution in [-0.4, -0.2) is 18.0 Å². The first-order valence-corrected chi connectivity index (χ1v) is 8.66. The minimum atomic E-state index is -0.408. The molecule has 0 saturated heterocycles. The number of benzene rings is 1. The Morgan fingerprint density at radius 3 is 2.54 bits per heavy atom. The Balaban J connectivity index is 2.12. The van der Waals surface area contributed by atoms with Crippen LogP contribution in [0.5, 0.6) is 0 Å². The van der Waals surface area contributed by atoms with E-state index in [-0.39, 0.29) is 23.9 Å². The number of hydrogen-bond donors (Lipinski definition) is 1. The van der Waals surface area contributed by atoms with Crippen LogP contribution in [-0.2, 0) is 14.3 Å². The standard InChI is InChI=1S/C20H27NO3/c1-5-14(3)24-20(23)17-11-7-6-10-16(17)19(22)21-18-12-8-9-13(2)15(18)4/h6-9,12,14,16-17H,5,10-11H2,1-4H3,(H,21,22)/t14-,16+,17+/m1/s1. The summed E-state index contributed by atoms with van der Waals surface area (Å²) in [6.07, 6.45) is 5.71. The molecule has 0 spiro atoms. The number of ether oxygens (including phenoxy) is 1. The maximum atomic E-state index is 12.7. The number of amides is 1. The summed E-state index contributed by atoms with van der Waals surface area (Å²) in [5, 5.41) is 2.99. The van der Waals surface area contributed by atoms with E-state index < -0.39 is 5.92 Å². The predicted molar refractivity (Wildman–Crippen MR) is 95.7 cm³/mol. The van der Waals surface area contributed by atoms with E-state index in [2.05, 4.69) is 5.32 Å². The number of nitrogens with one attached hydrogen (secondary N) is 1. The zero-order valence-corrected chi connectivity index (χ0v) is 15.0. The second-order valence-electron chi connectivity index (χ2n) is 6.55. The average molecular weight is 329 g/mol. The quantitative estimate of drug-likeness (QED) is 0.652. The van der Waals surface area contributed by atoms with E-state index in [4.69, 9.17) is 4.74 Å². The number of aryl methyl sites for hydroxylation is 1. The van der Waals surface area contributed by atoms with Crippen LogP contribution in [0.1, 0.15) is 44.2 Å². The summed E-state index contributed by atoms with van der Waals surface area (Å²) in [5.74, 6) is -1.17. The van der Waals surface area contributed by atoms with Gasteiger partial charge in [-0.15, -0.1) is 0 Å². The number of carbonyl (C=O) groups is 2. The van der Waals surface area contributed by atoms with E-state index >= 15 is 0 Å². The highest BCUT2D eigenvalue weighted by Gasteiger charge is 2.35. The topological polar surface area (TPSA) is 55.4 Å². The lowest BCUT2D eigenvalue weighted by molar-refractivity contribution is -0.157. The first-order chi connectivity index (χ1) is 11.4. The van der Waals surface area contributed by atoms with E-state index in [1.165, 1.54) is 0 Å². The molecule has 0 radical (unpaired) electrons. The van der Waals surface area contributed by atoms with E-state index in [1.807, 2.05) is 58.0 Å². The van der Waals surface area contributed by atoms with Gasteiger partial charge in [0.1, 0.15) is 0 Å². The van der Waals surface area contributed by atoms with Crippen LogP contribution in [0.3, 0.4) is 0 Å². The zero-order valence-electron chi connectivity index (χ0n) is 15.0. The molecule has 0 heterocycles. The van der Waals surface area contributed by atoms with Crippen molar-refractivity contribution >= 4 is 17.6 Å². The molecule has 0 bridgehead atoms. The summed E-state index contributed by atoms with van der Waals surface area (Å²) in [7, 11) is 0. The highest BCUT2D eigenvalue weighted by atomic mass is 16.5. The van der Waals surface area contributed by atoms with Gasteiger partial charge in [-0.05, 0) is 57.2 Å². The Morgan fingerprint density at radius 1 is 1.21 bits per heavy atom. The maximum Gasteiger partial charge on any atom is 0.310 e. The molecule has 24 heavy (non-hydrogen) atoms. The number of esters is 1. The molecule has 1 amide bonds. The van der Waals surface area contributed by atoms with Crippen molar-refractivity contribution in [2.45, 2.75) is 53.1 Å². The van der Waals surface area contributed by atoms with Gasteiger partial charge in [-0.25, -0.2) is 0 Å². The van der Waals surface area contributed by atoms with Crippen LogP contribution >= 0.6 is 0 Å². The molecule has 4 nitrogen and oxygen atoms in total. The van der Waals surface area contributed by atoms with Gasteiger partial charge in [0.05, 0.1) is 17.9 Å². The molecule has 0 aliphatic heterocycles. The summed E-state index contributed by atoms with van der Waals surface area (Å²) < 4.78 is 5.46. The Labute approximate surface area is 144 Å². The largest absolute Gasteiger partial charge is 0.462 e. The molecule has 1 aromatic rings. The number of hydrogen-bond acceptors (Lipinski definition) is 3. The lowest BCUT2D eigenvalue weighted by Crippen LogP contribution is -2.36. The molecule has 1 aliphatic rings. The summed E-state index contributed by atoms with van der Waals surface area (Å²) in [6, 6.07) is 5.83. The number of carbonyl (C=O) groups excluding carboxylic acids is 2. The van der Waals surface area contributed by atoms with Gasteiger partial charge in [-0.3, -0.25) is 9.59 Å². The SMILES string of the molecule is CC[C@@H](C)OC(=O)[C@H]1CC=CC[C@@H]1C(=O)Nc1cccc(C)c1C. The van der Waals surface area contributed by atoms with Crippen LogP contribution in [0, 0.1) is 25.7 Å². The molecule has 0 aromatic heterocycles. The molecule has 4 heteroatoms. The van der Waals surface area contributed by atoms with E-state index in [0.717, 1.165) is 23.2 Å². The summed E-state index contributed by atoms with van der Waals surface area (Å²) in [4.78, 5) is 25.2. The summed E-state index contributed by atoms with van der Waals surface area (Å²) >= 11 is 0. The summed E-state index contributed by atoms with van der Waals surface area (Å²) in [6.45, 7) is 7.85. The lowest BCUT2D eigenvalue weighted by atomic mass is 9.82. The number of allylic oxidation sites excluding steroid dienone is 2. The molecule has 0 saturated carbocycles. The second kappa shape index (κ2) is 8.13. The Morgan fingerprint density at radius 2 is 1.88 bits per heavy atom. The van der Waals surface area contributed by atoms with Crippen LogP contribution in [0.25, 0.3) is 0 Å². The first-order valence-electron chi connectivity index (χ1n) is 8.66. The fourth-order valence-corrected chi connectivity index (χ4v) is 2.85. The molecule has 1 aliphatic carbocycles. The number of anilines is 1. The molecule has 3 atom stereocenters. The third kappa shape index (κ3) is 4.25. The van der Waals surface area contributed by atoms with Crippen LogP contribution < -0.4 is 5.32 Å². The fourth-order valence-electron chi connectivity index (χ4n) is 2.85. The van der Waals surface area contributed by atoms with Gasteiger partial charge < -0.3 is 10.1 Å². The smallest absolute Gasteiger partial charge is 0.310 e. The van der Waals surface area contributed by atoms with Crippen molar-refractivity contribution in [2.75, 3.05) is 5.32 Å². The Bertz CT molecular complexity index is 636. The van der Waals surface area contributed by atoms with Crippen molar-refractivity contribution in [1.82, 2.24) is 0 Å². The summed E-state index contributed by atoms with van der Waals surface area (Å²) in [5.41, 5.74) is 2.99. The van der Waals surface area contributed by atoms with Crippen molar-refractivity contribution < 1.29 is 14.3 Å². The van der Waals surface area contributed by atoms with E-state index in [0.29, 0.717) is 12.8 Å². The van der Waals surface area contributed by atoms with Gasteiger partial charge in [-0.1, -0.05) is 31.2 Å². The average Bonchev–Trinajstić information content (AvgIpc) is 2.58. The predicted octanol–water partition coefficient (Wildman–Crippen LogP) is 4.17. The van der Waals surface area contributed by atoms with Gasteiger partial charge in [0.2, 0.25) is 5.91 Å². The lowest BCUT2D eigenvalue weighted by Gasteiger charge is -2.27. The Hall–Kier alpha value is -2.10. The molecular formula is C20H27NO3. The van der Waals surface area contributed by atoms with Crippen molar-refractivity contribution in [2.24, 2.45) is 11.8 Å². The van der Waals surface area contributed by atoms with Crippen molar-refractivity contribution in [3.05, 3.63) is 41.5 Å². The van der Waals surface area contributed by atoms with Crippen LogP contribution in [0.4, 0.5) is 5.69 Å². The first kappa shape index (κ1) is 18.2. The molecule has 130 valence electrons. The van der Waals surface area contributed by atoms with Gasteiger partial charge in [0.15, 0.2) is 0 Å². The second-order valence-corrected chi connectivity index (χ2v) is 6.55. The highest BCUT2D eigenvalue weighted by molar-refractivity contribution is 5.96. The van der Waals surface area contributed by atoms with Crippen LogP contribution in [0.2, 0.25) is 0 Å². The van der Waals surface area contributed by atoms with Crippen LogP contribution in [0.15, 0.2) is 30.4 Å². The molecule has 0 fully saturated rings. The van der Waals surface area contributed by atoms with Crippen molar-refractivity contribution in [3.8, 4) is 0 Å². The van der Waals surface area contributed by atoms with Crippen molar-refractivity contribution in [3.63, 3.8) is 0 Å². The van der Waals surface area contributed by atoms with Gasteiger partial charge in [-0.2, -0.15) is 0 Å². The van der Waals surface area contributed by atoms with Gasteiger partial charge in [0.25, 0.3) is 0 Å². The van der Waals surface area contributed by atoms with Gasteiger partial charge >= 0.3 is 5.97 Å². The van der Waals surface area contributed by atoms with E-state index in [1.54, 1.807) is 0 Å².